The minimum Gasteiger partial charge on any atom is -0.482 e. The Morgan fingerprint density at radius 1 is 1.20 bits per heavy atom. The first-order valence-corrected chi connectivity index (χ1v) is 10.2. The average Bonchev–Trinajstić information content (AvgIpc) is 3.42. The molecule has 8 heteroatoms. The van der Waals surface area contributed by atoms with E-state index in [0.717, 1.165) is 41.5 Å². The van der Waals surface area contributed by atoms with E-state index in [-0.39, 0.29) is 18.6 Å². The lowest BCUT2D eigenvalue weighted by Crippen LogP contribution is -2.34. The Morgan fingerprint density at radius 2 is 2.03 bits per heavy atom. The maximum absolute atomic E-state index is 12.7. The summed E-state index contributed by atoms with van der Waals surface area (Å²) >= 11 is 6.36. The molecule has 0 fully saturated rings. The number of ether oxygens (including phenoxy) is 1. The van der Waals surface area contributed by atoms with Crippen LogP contribution < -0.4 is 10.1 Å². The number of carbonyl (C=O) groups is 1. The molecule has 0 spiro atoms. The average molecular weight is 422 g/mol. The van der Waals surface area contributed by atoms with Crippen LogP contribution in [0.4, 0.5) is 0 Å². The van der Waals surface area contributed by atoms with E-state index >= 15 is 0 Å². The number of benzene rings is 2. The number of aryl methyl sites for hydroxylation is 1. The molecule has 1 aliphatic rings. The summed E-state index contributed by atoms with van der Waals surface area (Å²) in [4.78, 5) is 16.1. The molecule has 30 heavy (non-hydrogen) atoms. The molecule has 0 radical (unpaired) electrons. The van der Waals surface area contributed by atoms with Crippen molar-refractivity contribution < 1.29 is 9.53 Å². The summed E-state index contributed by atoms with van der Waals surface area (Å²) < 4.78 is 7.56. The molecule has 2 heterocycles. The molecule has 152 valence electrons. The minimum atomic E-state index is -0.170. The van der Waals surface area contributed by atoms with Crippen LogP contribution in [0.25, 0.3) is 16.6 Å². The van der Waals surface area contributed by atoms with Gasteiger partial charge in [0.2, 0.25) is 0 Å². The maximum atomic E-state index is 12.7. The second kappa shape index (κ2) is 7.84. The molecule has 0 aliphatic heterocycles. The number of fused-ring (bicyclic) bond motifs is 3. The van der Waals surface area contributed by atoms with Gasteiger partial charge in [0.15, 0.2) is 6.61 Å². The Kier molecular flexibility index (Phi) is 4.88. The van der Waals surface area contributed by atoms with Gasteiger partial charge < -0.3 is 15.0 Å². The summed E-state index contributed by atoms with van der Waals surface area (Å²) in [5, 5.41) is 12.6. The first-order valence-electron chi connectivity index (χ1n) is 9.86. The van der Waals surface area contributed by atoms with Gasteiger partial charge in [-0.15, -0.1) is 10.2 Å². The quantitative estimate of drug-likeness (QED) is 0.510. The molecule has 7 nitrogen and oxygen atoms in total. The molecule has 2 aromatic heterocycles. The molecule has 1 atom stereocenters. The van der Waals surface area contributed by atoms with Gasteiger partial charge in [-0.3, -0.25) is 9.36 Å². The van der Waals surface area contributed by atoms with Gasteiger partial charge in [0.25, 0.3) is 5.91 Å². The SMILES string of the molecule is O=C(COc1ccccc1-n1cnnc1)NC1CCCc2c1[nH]c1c(Cl)cccc21. The van der Waals surface area contributed by atoms with Crippen molar-refractivity contribution >= 4 is 28.4 Å². The molecular weight excluding hydrogens is 402 g/mol. The molecule has 0 bridgehead atoms. The van der Waals surface area contributed by atoms with Gasteiger partial charge in [0, 0.05) is 11.1 Å². The molecular formula is C22H20ClN5O2. The lowest BCUT2D eigenvalue weighted by molar-refractivity contribution is -0.124. The highest BCUT2D eigenvalue weighted by Crippen LogP contribution is 2.36. The van der Waals surface area contributed by atoms with E-state index in [9.17, 15) is 4.79 Å². The second-order valence-electron chi connectivity index (χ2n) is 7.32. The fraction of sp³-hybridized carbons (Fsp3) is 0.227. The van der Waals surface area contributed by atoms with Gasteiger partial charge in [0.05, 0.1) is 22.3 Å². The number of amides is 1. The van der Waals surface area contributed by atoms with E-state index in [1.165, 1.54) is 5.56 Å². The molecule has 2 aromatic carbocycles. The van der Waals surface area contributed by atoms with E-state index in [0.29, 0.717) is 10.8 Å². The van der Waals surface area contributed by atoms with Crippen LogP contribution in [0.5, 0.6) is 5.75 Å². The number of nitrogens with one attached hydrogen (secondary N) is 2. The lowest BCUT2D eigenvalue weighted by atomic mass is 9.91. The summed E-state index contributed by atoms with van der Waals surface area (Å²) in [6.45, 7) is -0.0774. The number of hydrogen-bond donors (Lipinski definition) is 2. The van der Waals surface area contributed by atoms with Crippen LogP contribution in [0, 0.1) is 0 Å². The van der Waals surface area contributed by atoms with Gasteiger partial charge in [-0.1, -0.05) is 35.9 Å². The van der Waals surface area contributed by atoms with Crippen molar-refractivity contribution in [3.05, 3.63) is 71.4 Å². The zero-order valence-corrected chi connectivity index (χ0v) is 16.9. The molecule has 1 unspecified atom stereocenters. The molecule has 1 aliphatic carbocycles. The van der Waals surface area contributed by atoms with E-state index in [4.69, 9.17) is 16.3 Å². The molecule has 1 amide bonds. The van der Waals surface area contributed by atoms with Crippen molar-refractivity contribution in [1.82, 2.24) is 25.1 Å². The lowest BCUT2D eigenvalue weighted by Gasteiger charge is -2.24. The monoisotopic (exact) mass is 421 g/mol. The number of aromatic nitrogens is 4. The van der Waals surface area contributed by atoms with Crippen molar-refractivity contribution in [3.63, 3.8) is 0 Å². The Labute approximate surface area is 178 Å². The van der Waals surface area contributed by atoms with Gasteiger partial charge >= 0.3 is 0 Å². The summed E-state index contributed by atoms with van der Waals surface area (Å²) in [5.41, 5.74) is 4.00. The standard InChI is InChI=1S/C22H20ClN5O2/c23-16-7-3-5-14-15-6-4-8-17(22(15)27-21(14)16)26-20(29)11-30-19-10-2-1-9-18(19)28-12-24-25-13-28/h1-3,5,7,9-10,12-13,17,27H,4,6,8,11H2,(H,26,29). The molecule has 5 rings (SSSR count). The van der Waals surface area contributed by atoms with Crippen molar-refractivity contribution in [1.29, 1.82) is 0 Å². The van der Waals surface area contributed by atoms with E-state index in [1.807, 2.05) is 36.4 Å². The summed E-state index contributed by atoms with van der Waals surface area (Å²) in [5.74, 6) is 0.422. The van der Waals surface area contributed by atoms with Crippen LogP contribution in [-0.4, -0.2) is 32.3 Å². The third-order valence-corrected chi connectivity index (χ3v) is 5.76. The van der Waals surface area contributed by atoms with E-state index < -0.39 is 0 Å². The second-order valence-corrected chi connectivity index (χ2v) is 7.72. The minimum absolute atomic E-state index is 0.0774. The van der Waals surface area contributed by atoms with E-state index in [1.54, 1.807) is 17.2 Å². The van der Waals surface area contributed by atoms with Crippen molar-refractivity contribution in [3.8, 4) is 11.4 Å². The Bertz CT molecular complexity index is 1200. The van der Waals surface area contributed by atoms with Crippen LogP contribution in [0.1, 0.15) is 30.1 Å². The largest absolute Gasteiger partial charge is 0.482 e. The molecule has 0 saturated carbocycles. The van der Waals surface area contributed by atoms with Crippen LogP contribution in [0.3, 0.4) is 0 Å². The summed E-state index contributed by atoms with van der Waals surface area (Å²) in [7, 11) is 0. The highest BCUT2D eigenvalue weighted by atomic mass is 35.5. The number of aromatic amines is 1. The normalized spacial score (nSPS) is 15.7. The Morgan fingerprint density at radius 3 is 2.90 bits per heavy atom. The van der Waals surface area contributed by atoms with Gasteiger partial charge in [-0.05, 0) is 43.0 Å². The van der Waals surface area contributed by atoms with Crippen LogP contribution in [0.2, 0.25) is 5.02 Å². The van der Waals surface area contributed by atoms with Crippen LogP contribution in [0.15, 0.2) is 55.1 Å². The maximum Gasteiger partial charge on any atom is 0.258 e. The first kappa shape index (κ1) is 18.7. The molecule has 0 saturated heterocycles. The first-order chi connectivity index (χ1) is 14.7. The number of rotatable bonds is 5. The number of nitrogens with zero attached hydrogens (tertiary/aromatic N) is 3. The predicted octanol–water partition coefficient (Wildman–Crippen LogP) is 3.97. The van der Waals surface area contributed by atoms with Crippen LogP contribution in [-0.2, 0) is 11.2 Å². The van der Waals surface area contributed by atoms with Gasteiger partial charge in [-0.2, -0.15) is 0 Å². The fourth-order valence-corrected chi connectivity index (χ4v) is 4.31. The zero-order chi connectivity index (χ0) is 20.5. The van der Waals surface area contributed by atoms with Crippen molar-refractivity contribution in [2.24, 2.45) is 0 Å². The fourth-order valence-electron chi connectivity index (χ4n) is 4.09. The zero-order valence-electron chi connectivity index (χ0n) is 16.1. The molecule has 2 N–H and O–H groups in total. The number of halogens is 1. The number of hydrogen-bond acceptors (Lipinski definition) is 4. The van der Waals surface area contributed by atoms with Crippen molar-refractivity contribution in [2.45, 2.75) is 25.3 Å². The third kappa shape index (κ3) is 3.41. The Balaban J connectivity index is 1.31. The third-order valence-electron chi connectivity index (χ3n) is 5.45. The number of H-pyrrole nitrogens is 1. The Hall–Kier alpha value is -3.32. The highest BCUT2D eigenvalue weighted by Gasteiger charge is 2.26. The predicted molar refractivity (Wildman–Crippen MR) is 114 cm³/mol. The van der Waals surface area contributed by atoms with Crippen LogP contribution >= 0.6 is 11.6 Å². The van der Waals surface area contributed by atoms with Gasteiger partial charge in [0.1, 0.15) is 18.4 Å². The highest BCUT2D eigenvalue weighted by molar-refractivity contribution is 6.35. The summed E-state index contributed by atoms with van der Waals surface area (Å²) in [6, 6.07) is 13.3. The molecule has 4 aromatic rings. The smallest absolute Gasteiger partial charge is 0.258 e. The van der Waals surface area contributed by atoms with Gasteiger partial charge in [-0.25, -0.2) is 0 Å². The van der Waals surface area contributed by atoms with Crippen molar-refractivity contribution in [2.75, 3.05) is 6.61 Å². The number of carbonyl (C=O) groups excluding carboxylic acids is 1. The van der Waals surface area contributed by atoms with E-state index in [2.05, 4.69) is 26.6 Å². The topological polar surface area (TPSA) is 84.8 Å². The number of para-hydroxylation sites is 3. The summed E-state index contributed by atoms with van der Waals surface area (Å²) in [6.07, 6.45) is 6.04.